The predicted octanol–water partition coefficient (Wildman–Crippen LogP) is 4.04. The third-order valence-corrected chi connectivity index (χ3v) is 2.91. The highest BCUT2D eigenvalue weighted by atomic mass is 127. The maximum Gasteiger partial charge on any atom is 0.573 e. The summed E-state index contributed by atoms with van der Waals surface area (Å²) in [6, 6.07) is 10.9. The minimum atomic E-state index is -4.76. The predicted molar refractivity (Wildman–Crippen MR) is 101 cm³/mol. The van der Waals surface area contributed by atoms with Gasteiger partial charge in [-0.3, -0.25) is 10.1 Å². The van der Waals surface area contributed by atoms with Gasteiger partial charge in [-0.05, 0) is 29.8 Å². The largest absolute Gasteiger partial charge is 0.573 e. The van der Waals surface area contributed by atoms with E-state index in [0.29, 0.717) is 11.3 Å². The number of hydrogen-bond donors (Lipinski definition) is 2. The van der Waals surface area contributed by atoms with Crippen LogP contribution in [0.2, 0.25) is 0 Å². The Bertz CT molecular complexity index is 782. The number of nitro groups is 1. The first-order valence-electron chi connectivity index (χ1n) is 6.89. The molecule has 0 heterocycles. The number of hydrogen-bond acceptors (Lipinski definition) is 4. The van der Waals surface area contributed by atoms with Gasteiger partial charge in [0.2, 0.25) is 0 Å². The number of halogens is 4. The van der Waals surface area contributed by atoms with Gasteiger partial charge in [0, 0.05) is 17.8 Å². The maximum atomic E-state index is 12.1. The van der Waals surface area contributed by atoms with Gasteiger partial charge in [0.05, 0.1) is 11.5 Å². The minimum Gasteiger partial charge on any atom is -0.406 e. The average Bonchev–Trinajstić information content (AvgIpc) is 2.54. The van der Waals surface area contributed by atoms with E-state index in [4.69, 9.17) is 5.73 Å². The highest BCUT2D eigenvalue weighted by molar-refractivity contribution is 14.0. The molecule has 11 heteroatoms. The number of guanidine groups is 1. The van der Waals surface area contributed by atoms with Gasteiger partial charge in [-0.2, -0.15) is 0 Å². The molecule has 2 aromatic rings. The fourth-order valence-electron chi connectivity index (χ4n) is 1.87. The first-order valence-corrected chi connectivity index (χ1v) is 6.89. The lowest BCUT2D eigenvalue weighted by Crippen LogP contribution is -2.22. The molecule has 7 nitrogen and oxygen atoms in total. The van der Waals surface area contributed by atoms with E-state index >= 15 is 0 Å². The fraction of sp³-hybridized carbons (Fsp3) is 0.133. The molecule has 0 aliphatic heterocycles. The molecule has 0 atom stereocenters. The summed E-state index contributed by atoms with van der Waals surface area (Å²) in [5, 5.41) is 13.4. The Hall–Kier alpha value is -2.57. The number of alkyl halides is 3. The molecule has 0 amide bonds. The van der Waals surface area contributed by atoms with E-state index in [1.165, 1.54) is 30.3 Å². The lowest BCUT2D eigenvalue weighted by atomic mass is 10.2. The van der Waals surface area contributed by atoms with Gasteiger partial charge in [0.15, 0.2) is 5.96 Å². The van der Waals surface area contributed by atoms with Crippen molar-refractivity contribution >= 4 is 41.3 Å². The quantitative estimate of drug-likeness (QED) is 0.220. The summed E-state index contributed by atoms with van der Waals surface area (Å²) in [6.45, 7) is 0.107. The van der Waals surface area contributed by atoms with Crippen LogP contribution in [0.5, 0.6) is 5.75 Å². The summed E-state index contributed by atoms with van der Waals surface area (Å²) < 4.78 is 40.0. The number of nitrogens with two attached hydrogens (primary N) is 1. The Morgan fingerprint density at radius 1 is 1.23 bits per heavy atom. The van der Waals surface area contributed by atoms with Gasteiger partial charge in [-0.25, -0.2) is 4.99 Å². The first kappa shape index (κ1) is 21.5. The second-order valence-corrected chi connectivity index (χ2v) is 4.83. The molecule has 0 aromatic heterocycles. The average molecular weight is 482 g/mol. The van der Waals surface area contributed by atoms with Crippen molar-refractivity contribution in [1.82, 2.24) is 0 Å². The summed E-state index contributed by atoms with van der Waals surface area (Å²) in [5.41, 5.74) is 6.63. The van der Waals surface area contributed by atoms with Gasteiger partial charge in [-0.15, -0.1) is 37.1 Å². The van der Waals surface area contributed by atoms with Crippen LogP contribution in [0.1, 0.15) is 5.56 Å². The van der Waals surface area contributed by atoms with Gasteiger partial charge in [0.1, 0.15) is 5.75 Å². The SMILES string of the molecule is I.NC(=NCc1cccc([N+](=O)[O-])c1)Nc1ccc(OC(F)(F)F)cc1. The maximum absolute atomic E-state index is 12.1. The number of anilines is 1. The Balaban J connectivity index is 0.00000338. The number of rotatable bonds is 5. The molecule has 0 aliphatic carbocycles. The van der Waals surface area contributed by atoms with Crippen LogP contribution in [0.25, 0.3) is 0 Å². The molecule has 26 heavy (non-hydrogen) atoms. The molecule has 0 aliphatic rings. The minimum absolute atomic E-state index is 0. The van der Waals surface area contributed by atoms with E-state index < -0.39 is 11.3 Å². The van der Waals surface area contributed by atoms with Crippen LogP contribution >= 0.6 is 24.0 Å². The molecule has 0 bridgehead atoms. The second-order valence-electron chi connectivity index (χ2n) is 4.83. The molecule has 0 spiro atoms. The molecule has 0 saturated heterocycles. The van der Waals surface area contributed by atoms with E-state index in [2.05, 4.69) is 15.0 Å². The zero-order valence-electron chi connectivity index (χ0n) is 13.1. The van der Waals surface area contributed by atoms with Crippen LogP contribution in [0, 0.1) is 10.1 Å². The van der Waals surface area contributed by atoms with E-state index in [9.17, 15) is 23.3 Å². The Kier molecular flexibility index (Phi) is 7.61. The third-order valence-electron chi connectivity index (χ3n) is 2.91. The molecular formula is C15H14F3IN4O3. The number of aliphatic imine (C=N–C) groups is 1. The highest BCUT2D eigenvalue weighted by Gasteiger charge is 2.30. The van der Waals surface area contributed by atoms with Crippen LogP contribution in [0.4, 0.5) is 24.5 Å². The molecule has 2 aromatic carbocycles. The molecular weight excluding hydrogens is 468 g/mol. The zero-order valence-corrected chi connectivity index (χ0v) is 15.4. The number of ether oxygens (including phenoxy) is 1. The standard InChI is InChI=1S/C15H13F3N4O3.HI/c16-15(17,18)25-13-6-4-11(5-7-13)21-14(19)20-9-10-2-1-3-12(8-10)22(23)24;/h1-8H,9H2,(H3,19,20,21);1H. The van der Waals surface area contributed by atoms with E-state index in [1.807, 2.05) is 0 Å². The number of benzene rings is 2. The van der Waals surface area contributed by atoms with Crippen molar-refractivity contribution in [3.63, 3.8) is 0 Å². The van der Waals surface area contributed by atoms with Crippen molar-refractivity contribution in [2.75, 3.05) is 5.32 Å². The van der Waals surface area contributed by atoms with Crippen molar-refractivity contribution < 1.29 is 22.8 Å². The third kappa shape index (κ3) is 7.13. The summed E-state index contributed by atoms with van der Waals surface area (Å²) in [7, 11) is 0. The zero-order chi connectivity index (χ0) is 18.4. The summed E-state index contributed by atoms with van der Waals surface area (Å²) in [4.78, 5) is 14.2. The van der Waals surface area contributed by atoms with Crippen molar-refractivity contribution in [3.8, 4) is 5.75 Å². The van der Waals surface area contributed by atoms with Gasteiger partial charge in [-0.1, -0.05) is 12.1 Å². The molecule has 0 fully saturated rings. The fourth-order valence-corrected chi connectivity index (χ4v) is 1.87. The van der Waals surface area contributed by atoms with E-state index in [0.717, 1.165) is 12.1 Å². The summed E-state index contributed by atoms with van der Waals surface area (Å²) in [5.74, 6) is -0.346. The number of nitro benzene ring substituents is 1. The Morgan fingerprint density at radius 2 is 1.88 bits per heavy atom. The first-order chi connectivity index (χ1) is 11.7. The monoisotopic (exact) mass is 482 g/mol. The van der Waals surface area contributed by atoms with Crippen molar-refractivity contribution in [3.05, 3.63) is 64.2 Å². The molecule has 0 saturated carbocycles. The molecule has 2 rings (SSSR count). The Morgan fingerprint density at radius 3 is 2.46 bits per heavy atom. The molecule has 0 radical (unpaired) electrons. The normalized spacial score (nSPS) is 11.4. The smallest absolute Gasteiger partial charge is 0.406 e. The number of nitrogens with zero attached hydrogens (tertiary/aromatic N) is 2. The van der Waals surface area contributed by atoms with Gasteiger partial charge in [0.25, 0.3) is 5.69 Å². The molecule has 3 N–H and O–H groups in total. The topological polar surface area (TPSA) is 103 Å². The lowest BCUT2D eigenvalue weighted by molar-refractivity contribution is -0.384. The summed E-state index contributed by atoms with van der Waals surface area (Å²) >= 11 is 0. The van der Waals surface area contributed by atoms with Crippen molar-refractivity contribution in [2.45, 2.75) is 12.9 Å². The van der Waals surface area contributed by atoms with Crippen molar-refractivity contribution in [1.29, 1.82) is 0 Å². The van der Waals surface area contributed by atoms with Gasteiger partial charge >= 0.3 is 6.36 Å². The summed E-state index contributed by atoms with van der Waals surface area (Å²) in [6.07, 6.45) is -4.76. The van der Waals surface area contributed by atoms with Crippen LogP contribution in [-0.2, 0) is 6.54 Å². The van der Waals surface area contributed by atoms with E-state index in [1.54, 1.807) is 6.07 Å². The van der Waals surface area contributed by atoms with Crippen LogP contribution in [0.15, 0.2) is 53.5 Å². The van der Waals surface area contributed by atoms with Crippen LogP contribution < -0.4 is 15.8 Å². The Labute approximate surface area is 163 Å². The highest BCUT2D eigenvalue weighted by Crippen LogP contribution is 2.23. The van der Waals surface area contributed by atoms with Crippen LogP contribution in [-0.4, -0.2) is 17.2 Å². The second kappa shape index (κ2) is 9.22. The molecule has 0 unspecified atom stereocenters. The lowest BCUT2D eigenvalue weighted by Gasteiger charge is -2.10. The van der Waals surface area contributed by atoms with Crippen LogP contribution in [0.3, 0.4) is 0 Å². The number of nitrogens with one attached hydrogen (secondary N) is 1. The molecule has 140 valence electrons. The van der Waals surface area contributed by atoms with E-state index in [-0.39, 0.29) is 47.9 Å². The number of non-ortho nitro benzene ring substituents is 1. The van der Waals surface area contributed by atoms with Gasteiger partial charge < -0.3 is 15.8 Å². The van der Waals surface area contributed by atoms with Crippen molar-refractivity contribution in [2.24, 2.45) is 10.7 Å².